The largest absolute Gasteiger partial charge is 0.393 e. The van der Waals surface area contributed by atoms with Crippen LogP contribution in [0.25, 0.3) is 0 Å². The zero-order chi connectivity index (χ0) is 26.8. The molecule has 0 aromatic carbocycles. The molecule has 3 aromatic heterocycles. The fourth-order valence-corrected chi connectivity index (χ4v) is 4.57. The fourth-order valence-electron chi connectivity index (χ4n) is 3.67. The number of rotatable bonds is 6. The van der Waals surface area contributed by atoms with E-state index in [0.717, 1.165) is 34.6 Å². The average molecular weight is 543 g/mol. The standard InChI is InChI=1S/C23H16F7N5OS/c24-15-3-7-18(19(25)9-15)21(36,12-35-13-32-33-34-35)23(29,30)20-8-2-14(11-31-20)1-4-16-5-6-17(37-16)10-22(26,27)28/h2,5-6,8-9,11,13,36H,3,7,10,12H2. The summed E-state index contributed by atoms with van der Waals surface area (Å²) in [5.74, 6) is -1.09. The lowest BCUT2D eigenvalue weighted by Gasteiger charge is -2.38. The molecule has 0 spiro atoms. The Kier molecular flexibility index (Phi) is 7.20. The second kappa shape index (κ2) is 10.1. The van der Waals surface area contributed by atoms with Gasteiger partial charge in [-0.05, 0) is 41.1 Å². The minimum absolute atomic E-state index is 0.0748. The van der Waals surface area contributed by atoms with Crippen LogP contribution in [0, 0.1) is 11.8 Å². The molecule has 14 heteroatoms. The summed E-state index contributed by atoms with van der Waals surface area (Å²) in [6.45, 7) is -0.951. The molecular weight excluding hydrogens is 527 g/mol. The topological polar surface area (TPSA) is 76.7 Å². The molecule has 6 nitrogen and oxygen atoms in total. The van der Waals surface area contributed by atoms with E-state index in [-0.39, 0.29) is 16.9 Å². The van der Waals surface area contributed by atoms with Crippen LogP contribution in [0.5, 0.6) is 0 Å². The Morgan fingerprint density at radius 3 is 2.43 bits per heavy atom. The number of thiophene rings is 1. The van der Waals surface area contributed by atoms with Crippen LogP contribution in [-0.4, -0.2) is 42.1 Å². The zero-order valence-corrected chi connectivity index (χ0v) is 19.4. The van der Waals surface area contributed by atoms with Crippen LogP contribution in [0.4, 0.5) is 30.7 Å². The summed E-state index contributed by atoms with van der Waals surface area (Å²) >= 11 is 0.850. The number of hydrogen-bond acceptors (Lipinski definition) is 6. The molecule has 0 saturated carbocycles. The summed E-state index contributed by atoms with van der Waals surface area (Å²) in [5.41, 5.74) is -4.68. The molecule has 194 valence electrons. The van der Waals surface area contributed by atoms with Gasteiger partial charge in [-0.1, -0.05) is 11.8 Å². The maximum absolute atomic E-state index is 15.7. The first-order valence-corrected chi connectivity index (χ1v) is 11.4. The van der Waals surface area contributed by atoms with Crippen molar-refractivity contribution in [2.45, 2.75) is 43.5 Å². The number of pyridine rings is 1. The molecule has 4 rings (SSSR count). The van der Waals surface area contributed by atoms with E-state index < -0.39 is 60.0 Å². The number of aromatic nitrogens is 5. The highest BCUT2D eigenvalue weighted by molar-refractivity contribution is 7.12. The molecule has 1 aliphatic rings. The molecule has 0 aliphatic heterocycles. The van der Waals surface area contributed by atoms with Crippen molar-refractivity contribution >= 4 is 11.3 Å². The highest BCUT2D eigenvalue weighted by Gasteiger charge is 2.58. The molecule has 1 N–H and O–H groups in total. The molecule has 0 bridgehead atoms. The summed E-state index contributed by atoms with van der Waals surface area (Å²) in [7, 11) is 0. The van der Waals surface area contributed by atoms with Crippen molar-refractivity contribution < 1.29 is 35.8 Å². The molecule has 1 aliphatic carbocycles. The summed E-state index contributed by atoms with van der Waals surface area (Å²) in [5, 5.41) is 21.3. The highest BCUT2D eigenvalue weighted by Crippen LogP contribution is 2.47. The SMILES string of the molecule is OC(Cn1cnnn1)(C1=C(F)C=C(F)CC1)C(F)(F)c1ccc(C#Cc2ccc(CC(F)(F)F)s2)cn1. The lowest BCUT2D eigenvalue weighted by Crippen LogP contribution is -2.52. The van der Waals surface area contributed by atoms with Gasteiger partial charge in [0.15, 0.2) is 5.60 Å². The van der Waals surface area contributed by atoms with Gasteiger partial charge in [0.05, 0.1) is 17.8 Å². The zero-order valence-electron chi connectivity index (χ0n) is 18.6. The van der Waals surface area contributed by atoms with Gasteiger partial charge in [-0.2, -0.15) is 22.0 Å². The van der Waals surface area contributed by atoms with Crippen LogP contribution in [-0.2, 0) is 18.9 Å². The molecule has 1 atom stereocenters. The van der Waals surface area contributed by atoms with Crippen molar-refractivity contribution in [3.05, 3.63) is 81.1 Å². The first-order valence-electron chi connectivity index (χ1n) is 10.6. The quantitative estimate of drug-likeness (QED) is 0.349. The van der Waals surface area contributed by atoms with Gasteiger partial charge < -0.3 is 5.11 Å². The van der Waals surface area contributed by atoms with Gasteiger partial charge >= 0.3 is 12.1 Å². The maximum atomic E-state index is 15.7. The number of allylic oxidation sites excluding steroid dienone is 3. The van der Waals surface area contributed by atoms with E-state index >= 15 is 8.78 Å². The number of aliphatic hydroxyl groups is 1. The summed E-state index contributed by atoms with van der Waals surface area (Å²) in [4.78, 5) is 4.11. The van der Waals surface area contributed by atoms with Gasteiger partial charge in [-0.3, -0.25) is 4.98 Å². The first kappa shape index (κ1) is 26.5. The van der Waals surface area contributed by atoms with E-state index in [9.17, 15) is 27.1 Å². The molecule has 1 unspecified atom stereocenters. The number of alkyl halides is 5. The van der Waals surface area contributed by atoms with Crippen molar-refractivity contribution in [2.75, 3.05) is 0 Å². The Morgan fingerprint density at radius 2 is 1.81 bits per heavy atom. The van der Waals surface area contributed by atoms with Crippen molar-refractivity contribution in [1.82, 2.24) is 25.2 Å². The van der Waals surface area contributed by atoms with Crippen molar-refractivity contribution in [2.24, 2.45) is 0 Å². The minimum Gasteiger partial charge on any atom is -0.377 e. The van der Waals surface area contributed by atoms with E-state index in [1.807, 2.05) is 0 Å². The molecule has 0 radical (unpaired) electrons. The average Bonchev–Trinajstić information content (AvgIpc) is 3.48. The normalized spacial score (nSPS) is 16.2. The number of hydrogen-bond donors (Lipinski definition) is 1. The molecule has 3 heterocycles. The molecule has 0 fully saturated rings. The Balaban J connectivity index is 1.62. The van der Waals surface area contributed by atoms with Gasteiger partial charge in [0.2, 0.25) is 0 Å². The van der Waals surface area contributed by atoms with Crippen molar-refractivity contribution in [3.63, 3.8) is 0 Å². The van der Waals surface area contributed by atoms with Crippen LogP contribution >= 0.6 is 11.3 Å². The Labute approximate surface area is 209 Å². The van der Waals surface area contributed by atoms with E-state index in [1.165, 1.54) is 18.2 Å². The van der Waals surface area contributed by atoms with E-state index in [2.05, 4.69) is 32.4 Å². The molecule has 0 amide bonds. The summed E-state index contributed by atoms with van der Waals surface area (Å²) in [6.07, 6.45) is -3.95. The van der Waals surface area contributed by atoms with Crippen molar-refractivity contribution in [1.29, 1.82) is 0 Å². The number of halogens is 7. The third kappa shape index (κ3) is 5.89. The smallest absolute Gasteiger partial charge is 0.377 e. The number of nitrogens with zero attached hydrogens (tertiary/aromatic N) is 5. The van der Waals surface area contributed by atoms with Crippen LogP contribution in [0.3, 0.4) is 0 Å². The van der Waals surface area contributed by atoms with Crippen LogP contribution in [0.15, 0.2) is 60.1 Å². The third-order valence-corrected chi connectivity index (χ3v) is 6.44. The minimum atomic E-state index is -4.35. The second-order valence-electron chi connectivity index (χ2n) is 8.10. The van der Waals surface area contributed by atoms with E-state index in [0.29, 0.717) is 11.0 Å². The molecular formula is C23H16F7N5OS. The van der Waals surface area contributed by atoms with Gasteiger partial charge in [-0.25, -0.2) is 13.5 Å². The molecule has 0 saturated heterocycles. The number of tetrazole rings is 1. The van der Waals surface area contributed by atoms with Gasteiger partial charge in [0.25, 0.3) is 0 Å². The summed E-state index contributed by atoms with van der Waals surface area (Å²) < 4.78 is 97.9. The van der Waals surface area contributed by atoms with Crippen molar-refractivity contribution in [3.8, 4) is 11.8 Å². The van der Waals surface area contributed by atoms with Gasteiger partial charge in [-0.15, -0.1) is 16.4 Å². The van der Waals surface area contributed by atoms with E-state index in [1.54, 1.807) is 0 Å². The third-order valence-electron chi connectivity index (χ3n) is 5.44. The second-order valence-corrected chi connectivity index (χ2v) is 9.27. The Hall–Kier alpha value is -3.57. The Bertz CT molecular complexity index is 1390. The Morgan fingerprint density at radius 1 is 1.03 bits per heavy atom. The fraction of sp³-hybridized carbons (Fsp3) is 0.304. The lowest BCUT2D eigenvalue weighted by molar-refractivity contribution is -0.180. The first-order chi connectivity index (χ1) is 17.4. The van der Waals surface area contributed by atoms with Gasteiger partial charge in [0.1, 0.15) is 23.7 Å². The lowest BCUT2D eigenvalue weighted by atomic mass is 9.80. The monoisotopic (exact) mass is 543 g/mol. The van der Waals surface area contributed by atoms with Crippen LogP contribution in [0.1, 0.15) is 33.9 Å². The highest BCUT2D eigenvalue weighted by atomic mass is 32.1. The molecule has 3 aromatic rings. The predicted octanol–water partition coefficient (Wildman–Crippen LogP) is 5.03. The summed E-state index contributed by atoms with van der Waals surface area (Å²) in [6, 6.07) is 4.78. The maximum Gasteiger partial charge on any atom is 0.393 e. The van der Waals surface area contributed by atoms with E-state index in [4.69, 9.17) is 0 Å². The van der Waals surface area contributed by atoms with Crippen LogP contribution < -0.4 is 0 Å². The van der Waals surface area contributed by atoms with Crippen LogP contribution in [0.2, 0.25) is 0 Å². The van der Waals surface area contributed by atoms with Gasteiger partial charge in [0, 0.05) is 34.7 Å². The predicted molar refractivity (Wildman–Crippen MR) is 118 cm³/mol. The molecule has 37 heavy (non-hydrogen) atoms.